The van der Waals surface area contributed by atoms with Gasteiger partial charge in [-0.05, 0) is 97.8 Å². The van der Waals surface area contributed by atoms with Crippen LogP contribution in [0.5, 0.6) is 0 Å². The predicted octanol–water partition coefficient (Wildman–Crippen LogP) is 6.78. The van der Waals surface area contributed by atoms with E-state index < -0.39 is 34.1 Å². The second-order valence-corrected chi connectivity index (χ2v) is 12.0. The fourth-order valence-electron chi connectivity index (χ4n) is 4.15. The van der Waals surface area contributed by atoms with Crippen LogP contribution in [0, 0.1) is 13.8 Å². The van der Waals surface area contributed by atoms with Crippen LogP contribution in [0.2, 0.25) is 0 Å². The minimum atomic E-state index is -3.91. The van der Waals surface area contributed by atoms with Crippen molar-refractivity contribution in [3.8, 4) is 0 Å². The van der Waals surface area contributed by atoms with Crippen LogP contribution in [0.1, 0.15) is 11.1 Å². The second-order valence-electron chi connectivity index (χ2n) is 10.0. The fraction of sp³-hybridized carbons (Fsp3) is 0.125. The lowest BCUT2D eigenvalue weighted by Crippen LogP contribution is -2.20. The zero-order valence-electron chi connectivity index (χ0n) is 25.8. The van der Waals surface area contributed by atoms with Gasteiger partial charge in [0.15, 0.2) is 0 Å². The van der Waals surface area contributed by atoms with Crippen LogP contribution in [-0.2, 0) is 19.3 Å². The molecule has 0 spiro atoms. The van der Waals surface area contributed by atoms with Crippen LogP contribution in [-0.4, -0.2) is 46.9 Å². The smallest absolute Gasteiger partial charge is 0.411 e. The lowest BCUT2D eigenvalue weighted by molar-refractivity contribution is 0.186. The number of urea groups is 2. The normalized spacial score (nSPS) is 10.6. The molecular formula is C32H32N6O8S. The summed E-state index contributed by atoms with van der Waals surface area (Å²) < 4.78 is 35.6. The number of carbonyl (C=O) groups excluding carboxylic acids is 4. The van der Waals surface area contributed by atoms with Crippen LogP contribution in [0.4, 0.5) is 53.3 Å². The van der Waals surface area contributed by atoms with Gasteiger partial charge in [-0.15, -0.1) is 0 Å². The molecular weight excluding hydrogens is 628 g/mol. The standard InChI is InChI=1S/C32H32N6O8S/c1-19-5-7-23(17-27(19)37-31(41)45-3)35-29(39)33-21-9-13-25(14-10-21)47(43,44)26-15-11-22(12-16-26)34-30(40)36-24-8-6-20(2)28(18-24)38-32(42)46-4/h5-18H,1-4H3,(H,37,41)(H,38,42)(H2,33,35,39)(H2,34,36,40). The van der Waals surface area contributed by atoms with E-state index in [1.165, 1.54) is 62.8 Å². The molecule has 47 heavy (non-hydrogen) atoms. The summed E-state index contributed by atoms with van der Waals surface area (Å²) >= 11 is 0. The molecule has 0 saturated carbocycles. The van der Waals surface area contributed by atoms with Crippen molar-refractivity contribution in [3.05, 3.63) is 96.1 Å². The summed E-state index contributed by atoms with van der Waals surface area (Å²) in [6.07, 6.45) is -1.29. The third kappa shape index (κ3) is 8.98. The molecule has 4 aromatic rings. The van der Waals surface area contributed by atoms with Gasteiger partial charge in [-0.2, -0.15) is 0 Å². The predicted molar refractivity (Wildman–Crippen MR) is 178 cm³/mol. The number of benzene rings is 4. The number of sulfone groups is 1. The van der Waals surface area contributed by atoms with Crippen molar-refractivity contribution >= 4 is 68.2 Å². The Balaban J connectivity index is 1.35. The molecule has 0 heterocycles. The van der Waals surface area contributed by atoms with E-state index in [9.17, 15) is 27.6 Å². The Bertz CT molecular complexity index is 1780. The zero-order valence-corrected chi connectivity index (χ0v) is 26.6. The van der Waals surface area contributed by atoms with Crippen molar-refractivity contribution in [1.82, 2.24) is 0 Å². The Morgan fingerprint density at radius 1 is 0.489 bits per heavy atom. The Morgan fingerprint density at radius 2 is 0.809 bits per heavy atom. The first-order valence-electron chi connectivity index (χ1n) is 13.9. The van der Waals surface area contributed by atoms with Gasteiger partial charge in [-0.1, -0.05) is 12.1 Å². The molecule has 0 aliphatic heterocycles. The molecule has 15 heteroatoms. The maximum absolute atomic E-state index is 13.2. The first-order valence-corrected chi connectivity index (χ1v) is 15.4. The quantitative estimate of drug-likeness (QED) is 0.119. The van der Waals surface area contributed by atoms with E-state index in [1.54, 1.807) is 50.2 Å². The van der Waals surface area contributed by atoms with Gasteiger partial charge in [0.2, 0.25) is 9.84 Å². The van der Waals surface area contributed by atoms with Crippen LogP contribution in [0.25, 0.3) is 0 Å². The third-order valence-electron chi connectivity index (χ3n) is 6.68. The molecule has 0 aliphatic rings. The Labute approximate surface area is 270 Å². The van der Waals surface area contributed by atoms with Crippen LogP contribution in [0.15, 0.2) is 94.7 Å². The average molecular weight is 661 g/mol. The molecule has 244 valence electrons. The Morgan fingerprint density at radius 3 is 1.15 bits per heavy atom. The minimum absolute atomic E-state index is 0.00490. The third-order valence-corrected chi connectivity index (χ3v) is 8.47. The topological polar surface area (TPSA) is 193 Å². The highest BCUT2D eigenvalue weighted by atomic mass is 32.2. The molecule has 6 N–H and O–H groups in total. The second kappa shape index (κ2) is 14.8. The molecule has 0 radical (unpaired) electrons. The number of ether oxygens (including phenoxy) is 2. The number of rotatable bonds is 8. The molecule has 6 amide bonds. The maximum atomic E-state index is 13.2. The van der Waals surface area contributed by atoms with E-state index in [2.05, 4.69) is 41.4 Å². The number of hydrogen-bond donors (Lipinski definition) is 6. The molecule has 0 aromatic heterocycles. The summed E-state index contributed by atoms with van der Waals surface area (Å²) in [5.74, 6) is 0. The number of methoxy groups -OCH3 is 2. The summed E-state index contributed by atoms with van der Waals surface area (Å²) in [6, 6.07) is 20.0. The average Bonchev–Trinajstić information content (AvgIpc) is 3.04. The first-order chi connectivity index (χ1) is 22.4. The zero-order chi connectivity index (χ0) is 34.1. The molecule has 14 nitrogen and oxygen atoms in total. The summed E-state index contributed by atoms with van der Waals surface area (Å²) in [5, 5.41) is 15.7. The van der Waals surface area contributed by atoms with E-state index in [1.807, 2.05) is 0 Å². The Hall–Kier alpha value is -6.09. The van der Waals surface area contributed by atoms with E-state index >= 15 is 0 Å². The highest BCUT2D eigenvalue weighted by Gasteiger charge is 2.18. The van der Waals surface area contributed by atoms with E-state index in [-0.39, 0.29) is 9.79 Å². The Kier molecular flexibility index (Phi) is 10.6. The first kappa shape index (κ1) is 33.8. The molecule has 4 aromatic carbocycles. The monoisotopic (exact) mass is 660 g/mol. The SMILES string of the molecule is COC(=O)Nc1cc(NC(=O)Nc2ccc(S(=O)(=O)c3ccc(NC(=O)Nc4ccc(C)c(NC(=O)OC)c4)cc3)cc2)ccc1C. The van der Waals surface area contributed by atoms with Gasteiger partial charge in [0.25, 0.3) is 0 Å². The molecule has 0 bridgehead atoms. The van der Waals surface area contributed by atoms with Crippen LogP contribution >= 0.6 is 0 Å². The maximum Gasteiger partial charge on any atom is 0.411 e. The molecule has 0 aliphatic carbocycles. The molecule has 0 fully saturated rings. The summed E-state index contributed by atoms with van der Waals surface area (Å²) in [7, 11) is -1.43. The van der Waals surface area contributed by atoms with Gasteiger partial charge in [0.05, 0.1) is 24.0 Å². The summed E-state index contributed by atoms with van der Waals surface area (Å²) in [6.45, 7) is 3.57. The van der Waals surface area contributed by atoms with Gasteiger partial charge in [-0.3, -0.25) is 10.6 Å². The number of carbonyl (C=O) groups is 4. The fourth-order valence-corrected chi connectivity index (χ4v) is 5.41. The van der Waals surface area contributed by atoms with E-state index in [4.69, 9.17) is 0 Å². The molecule has 0 saturated heterocycles. The number of anilines is 6. The summed E-state index contributed by atoms with van der Waals surface area (Å²) in [5.41, 5.74) is 3.95. The van der Waals surface area contributed by atoms with Crippen molar-refractivity contribution < 1.29 is 37.1 Å². The highest BCUT2D eigenvalue weighted by molar-refractivity contribution is 7.91. The van der Waals surface area contributed by atoms with Gasteiger partial charge in [0.1, 0.15) is 0 Å². The van der Waals surface area contributed by atoms with Crippen LogP contribution in [0.3, 0.4) is 0 Å². The van der Waals surface area contributed by atoms with Crippen molar-refractivity contribution in [3.63, 3.8) is 0 Å². The lowest BCUT2D eigenvalue weighted by Gasteiger charge is -2.12. The lowest BCUT2D eigenvalue weighted by atomic mass is 10.2. The largest absolute Gasteiger partial charge is 0.453 e. The van der Waals surface area contributed by atoms with Gasteiger partial charge >= 0.3 is 24.2 Å². The number of amides is 6. The minimum Gasteiger partial charge on any atom is -0.453 e. The van der Waals surface area contributed by atoms with Crippen molar-refractivity contribution in [1.29, 1.82) is 0 Å². The van der Waals surface area contributed by atoms with Crippen molar-refractivity contribution in [2.24, 2.45) is 0 Å². The highest BCUT2D eigenvalue weighted by Crippen LogP contribution is 2.25. The van der Waals surface area contributed by atoms with E-state index in [0.717, 1.165) is 11.1 Å². The van der Waals surface area contributed by atoms with Gasteiger partial charge in [-0.25, -0.2) is 27.6 Å². The van der Waals surface area contributed by atoms with Gasteiger partial charge in [0, 0.05) is 34.1 Å². The van der Waals surface area contributed by atoms with Crippen LogP contribution < -0.4 is 31.9 Å². The number of hydrogen-bond acceptors (Lipinski definition) is 8. The van der Waals surface area contributed by atoms with Crippen molar-refractivity contribution in [2.45, 2.75) is 23.6 Å². The number of aryl methyl sites for hydroxylation is 2. The van der Waals surface area contributed by atoms with Crippen molar-refractivity contribution in [2.75, 3.05) is 46.1 Å². The summed E-state index contributed by atoms with van der Waals surface area (Å²) in [4.78, 5) is 48.2. The molecule has 0 atom stereocenters. The van der Waals surface area contributed by atoms with E-state index in [0.29, 0.717) is 34.1 Å². The molecule has 0 unspecified atom stereocenters. The van der Waals surface area contributed by atoms with Gasteiger partial charge < -0.3 is 30.7 Å². The molecule has 4 rings (SSSR count). The number of nitrogens with one attached hydrogen (secondary N) is 6.